The van der Waals surface area contributed by atoms with Gasteiger partial charge in [-0.3, -0.25) is 4.79 Å². The van der Waals surface area contributed by atoms with Crippen LogP contribution in [-0.2, 0) is 11.3 Å². The summed E-state index contributed by atoms with van der Waals surface area (Å²) in [5, 5.41) is 2.81. The van der Waals surface area contributed by atoms with Crippen molar-refractivity contribution < 1.29 is 4.79 Å². The minimum atomic E-state index is -0.393. The third kappa shape index (κ3) is 3.72. The molecule has 0 spiro atoms. The van der Waals surface area contributed by atoms with Gasteiger partial charge in [0.1, 0.15) is 0 Å². The van der Waals surface area contributed by atoms with Gasteiger partial charge in [0.05, 0.1) is 6.04 Å². The molecule has 0 saturated carbocycles. The molecule has 1 amide bonds. The number of hydrogen-bond donors (Lipinski definition) is 2. The first-order valence-electron chi connectivity index (χ1n) is 5.22. The molecule has 15 heavy (non-hydrogen) atoms. The number of nitrogens with two attached hydrogens (primary N) is 1. The first-order chi connectivity index (χ1) is 7.13. The van der Waals surface area contributed by atoms with E-state index in [1.807, 2.05) is 38.1 Å². The van der Waals surface area contributed by atoms with Gasteiger partial charge in [-0.1, -0.05) is 36.8 Å². The van der Waals surface area contributed by atoms with Crippen LogP contribution in [0.3, 0.4) is 0 Å². The Morgan fingerprint density at radius 1 is 1.40 bits per heavy atom. The Bertz CT molecular complexity index is 319. The largest absolute Gasteiger partial charge is 0.351 e. The highest BCUT2D eigenvalue weighted by Gasteiger charge is 2.09. The lowest BCUT2D eigenvalue weighted by Crippen LogP contribution is -2.39. The third-order valence-corrected chi connectivity index (χ3v) is 2.36. The Hall–Kier alpha value is -1.35. The van der Waals surface area contributed by atoms with Crippen LogP contribution in [-0.4, -0.2) is 11.9 Å². The Kier molecular flexibility index (Phi) is 4.31. The van der Waals surface area contributed by atoms with Crippen LogP contribution >= 0.6 is 0 Å². The molecule has 1 atom stereocenters. The molecule has 3 N–H and O–H groups in total. The van der Waals surface area contributed by atoms with E-state index in [9.17, 15) is 4.79 Å². The second-order valence-corrected chi connectivity index (χ2v) is 3.72. The molecule has 0 aliphatic heterocycles. The van der Waals surface area contributed by atoms with Gasteiger partial charge in [0.25, 0.3) is 0 Å². The molecular weight excluding hydrogens is 188 g/mol. The summed E-state index contributed by atoms with van der Waals surface area (Å²) in [5.74, 6) is -0.0851. The van der Waals surface area contributed by atoms with Crippen molar-refractivity contribution in [3.05, 3.63) is 35.4 Å². The summed E-state index contributed by atoms with van der Waals surface area (Å²) in [6.45, 7) is 4.48. The molecular formula is C12H18N2O. The highest BCUT2D eigenvalue weighted by molar-refractivity contribution is 5.81. The molecule has 1 aromatic carbocycles. The van der Waals surface area contributed by atoms with E-state index in [4.69, 9.17) is 5.73 Å². The van der Waals surface area contributed by atoms with Crippen LogP contribution < -0.4 is 11.1 Å². The van der Waals surface area contributed by atoms with E-state index in [0.29, 0.717) is 13.0 Å². The minimum Gasteiger partial charge on any atom is -0.351 e. The normalized spacial score (nSPS) is 12.2. The maximum atomic E-state index is 11.4. The molecule has 1 rings (SSSR count). The Balaban J connectivity index is 2.43. The Labute approximate surface area is 90.7 Å². The fourth-order valence-corrected chi connectivity index (χ4v) is 1.21. The molecule has 0 aliphatic carbocycles. The van der Waals surface area contributed by atoms with Gasteiger partial charge in [-0.2, -0.15) is 0 Å². The van der Waals surface area contributed by atoms with E-state index in [2.05, 4.69) is 5.32 Å². The number of rotatable bonds is 4. The summed E-state index contributed by atoms with van der Waals surface area (Å²) < 4.78 is 0. The van der Waals surface area contributed by atoms with Crippen LogP contribution in [0.2, 0.25) is 0 Å². The molecule has 0 bridgehead atoms. The summed E-state index contributed by atoms with van der Waals surface area (Å²) in [4.78, 5) is 11.4. The lowest BCUT2D eigenvalue weighted by Gasteiger charge is -2.09. The van der Waals surface area contributed by atoms with Crippen molar-refractivity contribution in [3.63, 3.8) is 0 Å². The predicted molar refractivity (Wildman–Crippen MR) is 61.3 cm³/mol. The smallest absolute Gasteiger partial charge is 0.237 e. The molecule has 0 unspecified atom stereocenters. The highest BCUT2D eigenvalue weighted by atomic mass is 16.2. The number of aryl methyl sites for hydroxylation is 1. The van der Waals surface area contributed by atoms with E-state index < -0.39 is 6.04 Å². The zero-order chi connectivity index (χ0) is 11.3. The molecule has 0 aliphatic rings. The van der Waals surface area contributed by atoms with Gasteiger partial charge in [-0.25, -0.2) is 0 Å². The SMILES string of the molecule is CC[C@@H](N)C(=O)NCc1ccc(C)cc1. The van der Waals surface area contributed by atoms with Crippen molar-refractivity contribution in [2.75, 3.05) is 0 Å². The quantitative estimate of drug-likeness (QED) is 0.781. The molecule has 0 saturated heterocycles. The van der Waals surface area contributed by atoms with E-state index in [1.54, 1.807) is 0 Å². The van der Waals surface area contributed by atoms with Gasteiger partial charge in [-0.05, 0) is 18.9 Å². The van der Waals surface area contributed by atoms with E-state index >= 15 is 0 Å². The number of nitrogens with one attached hydrogen (secondary N) is 1. The average molecular weight is 206 g/mol. The maximum Gasteiger partial charge on any atom is 0.237 e. The lowest BCUT2D eigenvalue weighted by molar-refractivity contribution is -0.122. The second kappa shape index (κ2) is 5.51. The van der Waals surface area contributed by atoms with Crippen molar-refractivity contribution in [2.45, 2.75) is 32.9 Å². The zero-order valence-corrected chi connectivity index (χ0v) is 9.29. The molecule has 0 radical (unpaired) electrons. The fraction of sp³-hybridized carbons (Fsp3) is 0.417. The maximum absolute atomic E-state index is 11.4. The number of carbonyl (C=O) groups excluding carboxylic acids is 1. The molecule has 1 aromatic rings. The summed E-state index contributed by atoms with van der Waals surface area (Å²) in [5.41, 5.74) is 7.91. The summed E-state index contributed by atoms with van der Waals surface area (Å²) in [6.07, 6.45) is 0.666. The van der Waals surface area contributed by atoms with Gasteiger partial charge in [0.2, 0.25) is 5.91 Å². The first-order valence-corrected chi connectivity index (χ1v) is 5.22. The zero-order valence-electron chi connectivity index (χ0n) is 9.29. The van der Waals surface area contributed by atoms with Crippen LogP contribution in [0.4, 0.5) is 0 Å². The molecule has 3 nitrogen and oxygen atoms in total. The molecule has 0 heterocycles. The predicted octanol–water partition coefficient (Wildman–Crippen LogP) is 1.35. The molecule has 3 heteroatoms. The van der Waals surface area contributed by atoms with Crippen LogP contribution in [0.1, 0.15) is 24.5 Å². The Morgan fingerprint density at radius 2 is 2.00 bits per heavy atom. The van der Waals surface area contributed by atoms with Gasteiger partial charge in [0, 0.05) is 6.54 Å². The van der Waals surface area contributed by atoms with Crippen LogP contribution in [0.25, 0.3) is 0 Å². The van der Waals surface area contributed by atoms with Crippen molar-refractivity contribution in [3.8, 4) is 0 Å². The number of hydrogen-bond acceptors (Lipinski definition) is 2. The van der Waals surface area contributed by atoms with Gasteiger partial charge in [-0.15, -0.1) is 0 Å². The highest BCUT2D eigenvalue weighted by Crippen LogP contribution is 2.02. The van der Waals surface area contributed by atoms with Crippen LogP contribution in [0.15, 0.2) is 24.3 Å². The van der Waals surface area contributed by atoms with Crippen molar-refractivity contribution >= 4 is 5.91 Å². The summed E-state index contributed by atoms with van der Waals surface area (Å²) in [6, 6.07) is 7.68. The van der Waals surface area contributed by atoms with Gasteiger partial charge < -0.3 is 11.1 Å². The molecule has 82 valence electrons. The number of carbonyl (C=O) groups is 1. The number of benzene rings is 1. The minimum absolute atomic E-state index is 0.0851. The standard InChI is InChI=1S/C12H18N2O/c1-3-11(13)12(15)14-8-10-6-4-9(2)5-7-10/h4-7,11H,3,8,13H2,1-2H3,(H,14,15)/t11-/m1/s1. The van der Waals surface area contributed by atoms with Gasteiger partial charge in [0.15, 0.2) is 0 Å². The van der Waals surface area contributed by atoms with E-state index in [-0.39, 0.29) is 5.91 Å². The number of amides is 1. The van der Waals surface area contributed by atoms with E-state index in [0.717, 1.165) is 5.56 Å². The van der Waals surface area contributed by atoms with E-state index in [1.165, 1.54) is 5.56 Å². The molecule has 0 aromatic heterocycles. The fourth-order valence-electron chi connectivity index (χ4n) is 1.21. The monoisotopic (exact) mass is 206 g/mol. The van der Waals surface area contributed by atoms with Crippen molar-refractivity contribution in [2.24, 2.45) is 5.73 Å². The van der Waals surface area contributed by atoms with Gasteiger partial charge >= 0.3 is 0 Å². The average Bonchev–Trinajstić information content (AvgIpc) is 2.26. The topological polar surface area (TPSA) is 55.1 Å². The second-order valence-electron chi connectivity index (χ2n) is 3.72. The van der Waals surface area contributed by atoms with Crippen LogP contribution in [0, 0.1) is 6.92 Å². The van der Waals surface area contributed by atoms with Crippen molar-refractivity contribution in [1.82, 2.24) is 5.32 Å². The Morgan fingerprint density at radius 3 is 2.53 bits per heavy atom. The summed E-state index contributed by atoms with van der Waals surface area (Å²) >= 11 is 0. The summed E-state index contributed by atoms with van der Waals surface area (Å²) in [7, 11) is 0. The molecule has 0 fully saturated rings. The first kappa shape index (κ1) is 11.7. The third-order valence-electron chi connectivity index (χ3n) is 2.36. The van der Waals surface area contributed by atoms with Crippen LogP contribution in [0.5, 0.6) is 0 Å². The van der Waals surface area contributed by atoms with Crippen molar-refractivity contribution in [1.29, 1.82) is 0 Å². The lowest BCUT2D eigenvalue weighted by atomic mass is 10.1.